The predicted molar refractivity (Wildman–Crippen MR) is 219 cm³/mol. The summed E-state index contributed by atoms with van der Waals surface area (Å²) in [5.74, 6) is 0.345. The number of unbranched alkanes of at least 4 members (excludes halogenated alkanes) is 7. The summed E-state index contributed by atoms with van der Waals surface area (Å²) in [7, 11) is 0. The molecule has 0 radical (unpaired) electrons. The fraction of sp³-hybridized carbons (Fsp3) is 0.605. The molecule has 3 aromatic heterocycles. The van der Waals surface area contributed by atoms with Gasteiger partial charge in [0, 0.05) is 37.0 Å². The molecule has 4 heterocycles. The second-order valence-corrected chi connectivity index (χ2v) is 18.8. The van der Waals surface area contributed by atoms with Crippen LogP contribution in [-0.4, -0.2) is 34.3 Å². The SMILES string of the molecule is CCCCC(C)CCc1c2cc(-c3sc(C)c4c3C(=O)N(CCCCCCCCC(=O)O)C4=O)sc2c(CCC(C)CCCC)c2cc(C)sc12. The van der Waals surface area contributed by atoms with Crippen molar-refractivity contribution in [2.45, 2.75) is 151 Å². The van der Waals surface area contributed by atoms with Crippen LogP contribution in [-0.2, 0) is 17.6 Å². The van der Waals surface area contributed by atoms with Crippen LogP contribution in [0.15, 0.2) is 12.1 Å². The van der Waals surface area contributed by atoms with E-state index in [9.17, 15) is 14.4 Å². The summed E-state index contributed by atoms with van der Waals surface area (Å²) in [6, 6.07) is 4.80. The minimum atomic E-state index is -0.741. The summed E-state index contributed by atoms with van der Waals surface area (Å²) >= 11 is 5.41. The molecule has 0 spiro atoms. The van der Waals surface area contributed by atoms with Gasteiger partial charge in [-0.15, -0.1) is 34.0 Å². The maximum absolute atomic E-state index is 14.0. The normalized spacial score (nSPS) is 14.4. The molecular formula is C43H59NO4S3. The number of carboxylic acid groups (broad SMARTS) is 1. The zero-order valence-corrected chi connectivity index (χ0v) is 34.3. The zero-order chi connectivity index (χ0) is 36.7. The molecule has 51 heavy (non-hydrogen) atoms. The highest BCUT2D eigenvalue weighted by Crippen LogP contribution is 2.49. The molecule has 1 aromatic carbocycles. The number of carbonyl (C=O) groups is 3. The Kier molecular flexibility index (Phi) is 14.4. The summed E-state index contributed by atoms with van der Waals surface area (Å²) in [6.07, 6.45) is 17.6. The average Bonchev–Trinajstić information content (AvgIpc) is 3.85. The number of aliphatic carboxylic acids is 1. The fourth-order valence-corrected chi connectivity index (χ4v) is 11.5. The first-order chi connectivity index (χ1) is 24.5. The highest BCUT2D eigenvalue weighted by atomic mass is 32.1. The number of thiophene rings is 3. The maximum atomic E-state index is 14.0. The standard InChI is InChI=1S/C43H59NO4S3/c1-7-9-17-27(3)20-22-31-33-25-29(5)49-39(33)32(23-21-28(4)18-10-8-2)34-26-35(51-40(31)34)41-38-37(30(6)50-41)42(47)44(43(38)48)24-16-14-12-11-13-15-19-36(45)46/h25-28H,7-24H2,1-6H3,(H,45,46). The van der Waals surface area contributed by atoms with Crippen molar-refractivity contribution in [3.63, 3.8) is 0 Å². The van der Waals surface area contributed by atoms with Gasteiger partial charge >= 0.3 is 5.97 Å². The number of fused-ring (bicyclic) bond motifs is 3. The van der Waals surface area contributed by atoms with Gasteiger partial charge in [0.05, 0.1) is 16.0 Å². The summed E-state index contributed by atoms with van der Waals surface area (Å²) in [5, 5.41) is 11.6. The van der Waals surface area contributed by atoms with Crippen LogP contribution in [0, 0.1) is 25.7 Å². The molecule has 5 rings (SSSR count). The number of amides is 2. The van der Waals surface area contributed by atoms with Crippen LogP contribution < -0.4 is 0 Å². The molecule has 0 bridgehead atoms. The van der Waals surface area contributed by atoms with E-state index in [4.69, 9.17) is 5.11 Å². The Hall–Kier alpha value is -2.55. The van der Waals surface area contributed by atoms with Gasteiger partial charge in [0.15, 0.2) is 0 Å². The quantitative estimate of drug-likeness (QED) is 0.0641. The lowest BCUT2D eigenvalue weighted by atomic mass is 9.90. The van der Waals surface area contributed by atoms with Crippen molar-refractivity contribution in [3.05, 3.63) is 44.1 Å². The van der Waals surface area contributed by atoms with Gasteiger partial charge in [-0.2, -0.15) is 0 Å². The lowest BCUT2D eigenvalue weighted by molar-refractivity contribution is -0.137. The van der Waals surface area contributed by atoms with E-state index in [2.05, 4.69) is 46.8 Å². The minimum absolute atomic E-state index is 0.139. The van der Waals surface area contributed by atoms with Gasteiger partial charge in [-0.05, 0) is 98.2 Å². The van der Waals surface area contributed by atoms with E-state index >= 15 is 0 Å². The lowest BCUT2D eigenvalue weighted by Gasteiger charge is -2.16. The summed E-state index contributed by atoms with van der Waals surface area (Å²) < 4.78 is 2.83. The molecule has 4 aromatic rings. The number of rotatable bonds is 22. The van der Waals surface area contributed by atoms with E-state index in [1.165, 1.54) is 92.4 Å². The molecule has 0 fully saturated rings. The molecule has 1 aliphatic heterocycles. The molecule has 2 unspecified atom stereocenters. The van der Waals surface area contributed by atoms with E-state index in [1.54, 1.807) is 11.3 Å². The summed E-state index contributed by atoms with van der Waals surface area (Å²) in [6.45, 7) is 14.1. The molecule has 2 amide bonds. The van der Waals surface area contributed by atoms with Crippen molar-refractivity contribution < 1.29 is 19.5 Å². The Bertz CT molecular complexity index is 1750. The Labute approximate surface area is 317 Å². The van der Waals surface area contributed by atoms with Gasteiger partial charge < -0.3 is 5.11 Å². The zero-order valence-electron chi connectivity index (χ0n) is 31.9. The summed E-state index contributed by atoms with van der Waals surface area (Å²) in [4.78, 5) is 44.3. The molecule has 0 saturated heterocycles. The van der Waals surface area contributed by atoms with Crippen LogP contribution in [0.25, 0.3) is 29.9 Å². The van der Waals surface area contributed by atoms with Gasteiger partial charge in [-0.1, -0.05) is 91.9 Å². The lowest BCUT2D eigenvalue weighted by Crippen LogP contribution is -2.31. The largest absolute Gasteiger partial charge is 0.481 e. The minimum Gasteiger partial charge on any atom is -0.481 e. The van der Waals surface area contributed by atoms with Crippen LogP contribution in [0.5, 0.6) is 0 Å². The molecule has 5 nitrogen and oxygen atoms in total. The van der Waals surface area contributed by atoms with Crippen LogP contribution in [0.4, 0.5) is 0 Å². The Balaban J connectivity index is 1.46. The third-order valence-electron chi connectivity index (χ3n) is 10.9. The van der Waals surface area contributed by atoms with E-state index in [1.807, 2.05) is 29.6 Å². The first-order valence-electron chi connectivity index (χ1n) is 19.7. The first-order valence-corrected chi connectivity index (χ1v) is 22.2. The molecule has 8 heteroatoms. The fourth-order valence-electron chi connectivity index (χ4n) is 7.83. The molecule has 1 N–H and O–H groups in total. The number of imide groups is 1. The molecule has 2 atom stereocenters. The van der Waals surface area contributed by atoms with Gasteiger partial charge in [0.1, 0.15) is 0 Å². The van der Waals surface area contributed by atoms with Crippen molar-refractivity contribution >= 4 is 72.0 Å². The topological polar surface area (TPSA) is 74.7 Å². The maximum Gasteiger partial charge on any atom is 0.303 e. The van der Waals surface area contributed by atoms with Crippen molar-refractivity contribution in [2.24, 2.45) is 11.8 Å². The summed E-state index contributed by atoms with van der Waals surface area (Å²) in [5.41, 5.74) is 4.18. The van der Waals surface area contributed by atoms with E-state index < -0.39 is 5.97 Å². The van der Waals surface area contributed by atoms with Crippen molar-refractivity contribution in [1.29, 1.82) is 0 Å². The first kappa shape index (κ1) is 39.7. The van der Waals surface area contributed by atoms with Crippen LogP contribution in [0.2, 0.25) is 0 Å². The second-order valence-electron chi connectivity index (χ2n) is 15.2. The van der Waals surface area contributed by atoms with E-state index in [-0.39, 0.29) is 18.2 Å². The molecule has 278 valence electrons. The second kappa shape index (κ2) is 18.5. The third kappa shape index (κ3) is 9.34. The molecule has 0 aliphatic carbocycles. The Morgan fingerprint density at radius 1 is 0.706 bits per heavy atom. The van der Waals surface area contributed by atoms with Gasteiger partial charge in [-0.3, -0.25) is 19.3 Å². The predicted octanol–water partition coefficient (Wildman–Crippen LogP) is 13.4. The number of carboxylic acids is 1. The van der Waals surface area contributed by atoms with Crippen molar-refractivity contribution in [1.82, 2.24) is 4.90 Å². The molecular weight excluding hydrogens is 691 g/mol. The smallest absolute Gasteiger partial charge is 0.303 e. The van der Waals surface area contributed by atoms with Crippen molar-refractivity contribution in [2.75, 3.05) is 6.54 Å². The Morgan fingerprint density at radius 3 is 1.86 bits per heavy atom. The molecule has 1 aliphatic rings. The number of hydrogen-bond donors (Lipinski definition) is 1. The number of benzene rings is 1. The van der Waals surface area contributed by atoms with Crippen LogP contribution >= 0.6 is 34.0 Å². The number of nitrogens with zero attached hydrogens (tertiary/aromatic N) is 1. The van der Waals surface area contributed by atoms with Crippen LogP contribution in [0.1, 0.15) is 166 Å². The van der Waals surface area contributed by atoms with E-state index in [0.717, 1.165) is 59.6 Å². The molecule has 0 saturated carbocycles. The highest BCUT2D eigenvalue weighted by molar-refractivity contribution is 7.27. The van der Waals surface area contributed by atoms with Gasteiger partial charge in [0.2, 0.25) is 0 Å². The number of aryl methyl sites for hydroxylation is 4. The van der Waals surface area contributed by atoms with Crippen LogP contribution in [0.3, 0.4) is 0 Å². The number of carbonyl (C=O) groups excluding carboxylic acids is 2. The highest BCUT2D eigenvalue weighted by Gasteiger charge is 2.41. The van der Waals surface area contributed by atoms with Gasteiger partial charge in [0.25, 0.3) is 11.8 Å². The van der Waals surface area contributed by atoms with Gasteiger partial charge in [-0.25, -0.2) is 0 Å². The number of hydrogen-bond acceptors (Lipinski definition) is 6. The Morgan fingerprint density at radius 2 is 1.25 bits per heavy atom. The van der Waals surface area contributed by atoms with Crippen molar-refractivity contribution in [3.8, 4) is 9.75 Å². The average molecular weight is 750 g/mol. The third-order valence-corrected chi connectivity index (χ3v) is 14.5. The monoisotopic (exact) mass is 749 g/mol. The van der Waals surface area contributed by atoms with E-state index in [0.29, 0.717) is 35.9 Å².